The molecule has 0 amide bonds. The molecule has 15 heteroatoms. The normalized spacial score (nSPS) is 20.7. The predicted octanol–water partition coefficient (Wildman–Crippen LogP) is 5.24. The molecule has 2 aromatic heterocycles. The van der Waals surface area contributed by atoms with Crippen molar-refractivity contribution in [1.82, 2.24) is 19.9 Å². The quantitative estimate of drug-likeness (QED) is 0.362. The lowest BCUT2D eigenvalue weighted by molar-refractivity contribution is -0.155. The minimum absolute atomic E-state index is 0.0355. The average molecular weight is 538 g/mol. The van der Waals surface area contributed by atoms with Gasteiger partial charge in [-0.05, 0) is 30.2 Å². The van der Waals surface area contributed by atoms with Crippen LogP contribution < -0.4 is 4.90 Å². The van der Waals surface area contributed by atoms with Crippen molar-refractivity contribution >= 4 is 45.9 Å². The third-order valence-corrected chi connectivity index (χ3v) is 6.19. The molecule has 0 radical (unpaired) electrons. The summed E-state index contributed by atoms with van der Waals surface area (Å²) in [5.74, 6) is -4.60. The summed E-state index contributed by atoms with van der Waals surface area (Å²) in [5, 5.41) is 1.21. The average Bonchev–Trinajstić information content (AvgIpc) is 3.35. The third-order valence-electron chi connectivity index (χ3n) is 5.74. The number of aromatic nitrogens is 4. The van der Waals surface area contributed by atoms with Crippen molar-refractivity contribution in [2.24, 2.45) is 0 Å². The maximum absolute atomic E-state index is 13.4. The van der Waals surface area contributed by atoms with E-state index >= 15 is 0 Å². The number of rotatable bonds is 3. The summed E-state index contributed by atoms with van der Waals surface area (Å²) in [4.78, 5) is 13.9. The Balaban J connectivity index is 1.64. The van der Waals surface area contributed by atoms with Gasteiger partial charge in [-0.1, -0.05) is 11.6 Å². The van der Waals surface area contributed by atoms with E-state index in [1.54, 1.807) is 18.2 Å². The number of benzene rings is 1. The van der Waals surface area contributed by atoms with Crippen molar-refractivity contribution in [3.8, 4) is 0 Å². The van der Waals surface area contributed by atoms with Gasteiger partial charge in [0.05, 0.1) is 6.04 Å². The number of alkyl halides is 6. The molecule has 5 rings (SSSR count). The first-order valence-electron chi connectivity index (χ1n) is 10.2. The molecule has 1 aromatic carbocycles. The number of H-pyrrole nitrogens is 1. The molecular weight excluding hydrogens is 524 g/mol. The van der Waals surface area contributed by atoms with E-state index in [1.165, 1.54) is 4.90 Å². The lowest BCUT2D eigenvalue weighted by Gasteiger charge is -2.36. The fraction of sp³-hybridized carbons (Fsp3) is 0.400. The van der Waals surface area contributed by atoms with Crippen LogP contribution in [0.25, 0.3) is 10.9 Å². The minimum Gasteiger partial charge on any atom is -0.453 e. The van der Waals surface area contributed by atoms with Gasteiger partial charge in [0, 0.05) is 46.8 Å². The van der Waals surface area contributed by atoms with Crippen LogP contribution in [0.5, 0.6) is 0 Å². The fourth-order valence-corrected chi connectivity index (χ4v) is 4.68. The highest BCUT2D eigenvalue weighted by Gasteiger charge is 2.44. The summed E-state index contributed by atoms with van der Waals surface area (Å²) >= 11 is 11.0. The van der Waals surface area contributed by atoms with Crippen LogP contribution in [0.15, 0.2) is 18.2 Å². The van der Waals surface area contributed by atoms with Gasteiger partial charge >= 0.3 is 17.6 Å². The van der Waals surface area contributed by atoms with Crippen LogP contribution in [-0.2, 0) is 28.2 Å². The van der Waals surface area contributed by atoms with Crippen molar-refractivity contribution in [2.75, 3.05) is 18.1 Å². The number of hydrogen-bond acceptors (Lipinski definition) is 7. The van der Waals surface area contributed by atoms with Gasteiger partial charge in [-0.3, -0.25) is 0 Å². The molecule has 186 valence electrons. The van der Waals surface area contributed by atoms with Crippen LogP contribution >= 0.6 is 23.8 Å². The molecule has 0 spiro atoms. The standard InChI is InChI=1S/C20H14ClF6N5O2S/c21-8-1-2-12-11(5-8)10-3-4-32(13(14(10)28-12)6-9-7-33-18(35)34-9)17-30-15(19(22,23)24)29-16(31-17)20(25,26)27/h1-2,5,9,13,28H,3-4,6-7H2/t9-,13+/m1/s1. The number of hydrogen-bond donors (Lipinski definition) is 1. The Kier molecular flexibility index (Phi) is 5.70. The zero-order chi connectivity index (χ0) is 25.1. The van der Waals surface area contributed by atoms with Gasteiger partial charge in [0.2, 0.25) is 17.6 Å². The third kappa shape index (κ3) is 4.56. The van der Waals surface area contributed by atoms with Crippen molar-refractivity contribution in [3.05, 3.63) is 46.1 Å². The molecule has 0 unspecified atom stereocenters. The number of anilines is 1. The SMILES string of the molecule is FC(F)(F)c1nc(N2CCc3c([nH]c4ccc(Cl)cc34)[C@@H]2C[C@@H]2COC(=S)O2)nc(C(F)(F)F)n1. The topological polar surface area (TPSA) is 76.2 Å². The van der Waals surface area contributed by atoms with Gasteiger partial charge < -0.3 is 19.4 Å². The van der Waals surface area contributed by atoms with E-state index in [2.05, 4.69) is 19.9 Å². The Morgan fingerprint density at radius 2 is 1.77 bits per heavy atom. The lowest BCUT2D eigenvalue weighted by atomic mass is 9.94. The molecule has 2 atom stereocenters. The highest BCUT2D eigenvalue weighted by molar-refractivity contribution is 7.79. The molecule has 1 saturated heterocycles. The molecule has 4 heterocycles. The first-order valence-corrected chi connectivity index (χ1v) is 11.0. The van der Waals surface area contributed by atoms with Gasteiger partial charge in [-0.25, -0.2) is 4.98 Å². The second-order valence-electron chi connectivity index (χ2n) is 7.98. The van der Waals surface area contributed by atoms with Crippen LogP contribution in [0.3, 0.4) is 0 Å². The first kappa shape index (κ1) is 23.9. The summed E-state index contributed by atoms with van der Waals surface area (Å²) in [5.41, 5.74) is 2.14. The van der Waals surface area contributed by atoms with Crippen LogP contribution in [0.4, 0.5) is 32.3 Å². The molecule has 1 fully saturated rings. The van der Waals surface area contributed by atoms with E-state index in [9.17, 15) is 26.3 Å². The monoisotopic (exact) mass is 537 g/mol. The molecule has 0 bridgehead atoms. The van der Waals surface area contributed by atoms with Crippen molar-refractivity contribution in [1.29, 1.82) is 0 Å². The van der Waals surface area contributed by atoms with E-state index in [-0.39, 0.29) is 24.8 Å². The molecular formula is C20H14ClF6N5O2S. The highest BCUT2D eigenvalue weighted by Crippen LogP contribution is 2.41. The molecule has 2 aliphatic heterocycles. The summed E-state index contributed by atoms with van der Waals surface area (Å²) in [6, 6.07) is 4.38. The number of nitrogens with zero attached hydrogens (tertiary/aromatic N) is 4. The Hall–Kier alpha value is -2.87. The predicted molar refractivity (Wildman–Crippen MR) is 115 cm³/mol. The van der Waals surface area contributed by atoms with Crippen LogP contribution in [0, 0.1) is 0 Å². The van der Waals surface area contributed by atoms with Gasteiger partial charge in [0.25, 0.3) is 0 Å². The van der Waals surface area contributed by atoms with Crippen molar-refractivity contribution in [3.63, 3.8) is 0 Å². The molecule has 7 nitrogen and oxygen atoms in total. The van der Waals surface area contributed by atoms with Crippen molar-refractivity contribution < 1.29 is 35.8 Å². The van der Waals surface area contributed by atoms with Crippen LogP contribution in [-0.4, -0.2) is 44.4 Å². The highest BCUT2D eigenvalue weighted by atomic mass is 35.5. The Morgan fingerprint density at radius 3 is 2.37 bits per heavy atom. The number of thiocarbonyl (C=S) groups is 1. The van der Waals surface area contributed by atoms with Gasteiger partial charge in [-0.2, -0.15) is 36.3 Å². The minimum atomic E-state index is -5.21. The van der Waals surface area contributed by atoms with E-state index in [1.807, 2.05) is 0 Å². The van der Waals surface area contributed by atoms with E-state index < -0.39 is 42.1 Å². The van der Waals surface area contributed by atoms with Gasteiger partial charge in [0.1, 0.15) is 12.7 Å². The summed E-state index contributed by atoms with van der Waals surface area (Å²) < 4.78 is 90.9. The maximum atomic E-state index is 13.4. The molecule has 1 N–H and O–H groups in total. The lowest BCUT2D eigenvalue weighted by Crippen LogP contribution is -2.39. The van der Waals surface area contributed by atoms with Gasteiger partial charge in [-0.15, -0.1) is 0 Å². The van der Waals surface area contributed by atoms with Crippen molar-refractivity contribution in [2.45, 2.75) is 37.3 Å². The second-order valence-corrected chi connectivity index (χ2v) is 8.75. The number of aromatic amines is 1. The molecule has 35 heavy (non-hydrogen) atoms. The Labute approximate surface area is 203 Å². The number of ether oxygens (including phenoxy) is 2. The smallest absolute Gasteiger partial charge is 0.451 e. The van der Waals surface area contributed by atoms with Gasteiger partial charge in [0.15, 0.2) is 0 Å². The fourth-order valence-electron chi connectivity index (χ4n) is 4.30. The second kappa shape index (κ2) is 8.36. The van der Waals surface area contributed by atoms with E-state index in [0.717, 1.165) is 10.9 Å². The summed E-state index contributed by atoms with van der Waals surface area (Å²) in [6.07, 6.45) is -10.6. The summed E-state index contributed by atoms with van der Waals surface area (Å²) in [6.45, 7) is 0.122. The molecule has 0 aliphatic carbocycles. The Morgan fingerprint density at radius 1 is 1.09 bits per heavy atom. The van der Waals surface area contributed by atoms with E-state index in [0.29, 0.717) is 22.7 Å². The molecule has 2 aliphatic rings. The number of fused-ring (bicyclic) bond motifs is 3. The zero-order valence-electron chi connectivity index (χ0n) is 17.4. The summed E-state index contributed by atoms with van der Waals surface area (Å²) in [7, 11) is 0. The largest absolute Gasteiger partial charge is 0.453 e. The number of halogens is 7. The number of nitrogens with one attached hydrogen (secondary N) is 1. The molecule has 3 aromatic rings. The van der Waals surface area contributed by atoms with Crippen LogP contribution in [0.2, 0.25) is 5.02 Å². The maximum Gasteiger partial charge on any atom is 0.451 e. The first-order chi connectivity index (χ1) is 16.4. The zero-order valence-corrected chi connectivity index (χ0v) is 18.9. The molecule has 0 saturated carbocycles. The van der Waals surface area contributed by atoms with E-state index in [4.69, 9.17) is 33.3 Å². The Bertz CT molecular complexity index is 1280. The van der Waals surface area contributed by atoms with Crippen LogP contribution in [0.1, 0.15) is 35.4 Å².